The van der Waals surface area contributed by atoms with Crippen LogP contribution in [0.3, 0.4) is 0 Å². The third-order valence-electron chi connectivity index (χ3n) is 2.02. The fraction of sp³-hybridized carbons (Fsp3) is 0.273. The van der Waals surface area contributed by atoms with Crippen molar-refractivity contribution in [3.8, 4) is 5.75 Å². The van der Waals surface area contributed by atoms with Gasteiger partial charge in [-0.1, -0.05) is 12.1 Å². The maximum Gasteiger partial charge on any atom is 0.333 e. The van der Waals surface area contributed by atoms with Gasteiger partial charge in [-0.05, 0) is 25.0 Å². The Morgan fingerprint density at radius 1 is 1.56 bits per heavy atom. The Morgan fingerprint density at radius 3 is 2.94 bits per heavy atom. The van der Waals surface area contributed by atoms with Crippen LogP contribution in [-0.4, -0.2) is 11.5 Å². The molecule has 0 saturated heterocycles. The molecule has 5 nitrogen and oxygen atoms in total. The van der Waals surface area contributed by atoms with E-state index in [1.807, 2.05) is 0 Å². The Morgan fingerprint density at radius 2 is 2.31 bits per heavy atom. The molecule has 0 amide bonds. The lowest BCUT2D eigenvalue weighted by atomic mass is 10.2. The molecule has 1 rings (SSSR count). The highest BCUT2D eigenvalue weighted by molar-refractivity contribution is 5.65. The van der Waals surface area contributed by atoms with Crippen LogP contribution in [0.4, 0.5) is 11.4 Å². The minimum Gasteiger partial charge on any atom is -0.487 e. The SMILES string of the molecule is C=CCCCOc1cccc(N)c1[N+](=O)[O-]. The van der Waals surface area contributed by atoms with Gasteiger partial charge in [0.05, 0.1) is 11.5 Å². The number of para-hydroxylation sites is 1. The summed E-state index contributed by atoms with van der Waals surface area (Å²) in [6, 6.07) is 4.66. The zero-order chi connectivity index (χ0) is 12.0. The predicted octanol–water partition coefficient (Wildman–Crippen LogP) is 2.52. The highest BCUT2D eigenvalue weighted by Gasteiger charge is 2.18. The van der Waals surface area contributed by atoms with Crippen LogP contribution >= 0.6 is 0 Å². The lowest BCUT2D eigenvalue weighted by molar-refractivity contribution is -0.384. The second-order valence-corrected chi connectivity index (χ2v) is 3.23. The third kappa shape index (κ3) is 2.98. The Hall–Kier alpha value is -2.04. The van der Waals surface area contributed by atoms with Gasteiger partial charge < -0.3 is 10.5 Å². The molecular weight excluding hydrogens is 208 g/mol. The number of nitro groups is 1. The lowest BCUT2D eigenvalue weighted by Crippen LogP contribution is -2.02. The van der Waals surface area contributed by atoms with Gasteiger partial charge in [-0.2, -0.15) is 0 Å². The zero-order valence-corrected chi connectivity index (χ0v) is 8.89. The molecule has 0 aliphatic rings. The number of nitrogens with two attached hydrogens (primary N) is 1. The standard InChI is InChI=1S/C11H14N2O3/c1-2-3-4-8-16-10-7-5-6-9(12)11(10)13(14)15/h2,5-7H,1,3-4,8,12H2. The zero-order valence-electron chi connectivity index (χ0n) is 8.89. The Balaban J connectivity index is 2.75. The Kier molecular flexibility index (Phi) is 4.32. The smallest absolute Gasteiger partial charge is 0.333 e. The summed E-state index contributed by atoms with van der Waals surface area (Å²) >= 11 is 0. The number of unbranched alkanes of at least 4 members (excludes halogenated alkanes) is 1. The van der Waals surface area contributed by atoms with E-state index in [-0.39, 0.29) is 17.1 Å². The van der Waals surface area contributed by atoms with Crippen LogP contribution in [0.2, 0.25) is 0 Å². The summed E-state index contributed by atoms with van der Waals surface area (Å²) in [5, 5.41) is 10.8. The van der Waals surface area contributed by atoms with Gasteiger partial charge in [-0.25, -0.2) is 0 Å². The summed E-state index contributed by atoms with van der Waals surface area (Å²) < 4.78 is 5.31. The van der Waals surface area contributed by atoms with Crippen molar-refractivity contribution >= 4 is 11.4 Å². The first kappa shape index (κ1) is 12.0. The van der Waals surface area contributed by atoms with E-state index in [2.05, 4.69) is 6.58 Å². The normalized spacial score (nSPS) is 9.75. The summed E-state index contributed by atoms with van der Waals surface area (Å²) in [7, 11) is 0. The highest BCUT2D eigenvalue weighted by Crippen LogP contribution is 2.32. The van der Waals surface area contributed by atoms with Crippen LogP contribution in [0, 0.1) is 10.1 Å². The summed E-state index contributed by atoms with van der Waals surface area (Å²) in [5.74, 6) is 0.217. The van der Waals surface area contributed by atoms with Gasteiger partial charge in [-0.3, -0.25) is 10.1 Å². The molecular formula is C11H14N2O3. The van der Waals surface area contributed by atoms with E-state index in [9.17, 15) is 10.1 Å². The molecule has 86 valence electrons. The van der Waals surface area contributed by atoms with Crippen LogP contribution in [0.5, 0.6) is 5.75 Å². The maximum atomic E-state index is 10.8. The molecule has 1 aromatic rings. The van der Waals surface area contributed by atoms with E-state index in [1.54, 1.807) is 18.2 Å². The van der Waals surface area contributed by atoms with E-state index in [1.165, 1.54) is 6.07 Å². The first-order chi connectivity index (χ1) is 7.66. The molecule has 0 aliphatic heterocycles. The minimum absolute atomic E-state index is 0.117. The quantitative estimate of drug-likeness (QED) is 0.264. The van der Waals surface area contributed by atoms with Crippen molar-refractivity contribution in [1.29, 1.82) is 0 Å². The largest absolute Gasteiger partial charge is 0.487 e. The number of allylic oxidation sites excluding steroid dienone is 1. The number of hydrogen-bond donors (Lipinski definition) is 1. The van der Waals surface area contributed by atoms with Gasteiger partial charge in [0.15, 0.2) is 5.75 Å². The monoisotopic (exact) mass is 222 g/mol. The number of nitro benzene ring substituents is 1. The number of rotatable bonds is 6. The van der Waals surface area contributed by atoms with Crippen molar-refractivity contribution in [3.05, 3.63) is 41.0 Å². The molecule has 0 saturated carbocycles. The second-order valence-electron chi connectivity index (χ2n) is 3.23. The van der Waals surface area contributed by atoms with Crippen LogP contribution in [0.1, 0.15) is 12.8 Å². The van der Waals surface area contributed by atoms with Crippen molar-refractivity contribution in [2.75, 3.05) is 12.3 Å². The number of anilines is 1. The van der Waals surface area contributed by atoms with Crippen LogP contribution < -0.4 is 10.5 Å². The van der Waals surface area contributed by atoms with E-state index in [0.717, 1.165) is 12.8 Å². The summed E-state index contributed by atoms with van der Waals surface area (Å²) in [5.41, 5.74) is 5.47. The van der Waals surface area contributed by atoms with Crippen molar-refractivity contribution in [3.63, 3.8) is 0 Å². The molecule has 0 aliphatic carbocycles. The first-order valence-corrected chi connectivity index (χ1v) is 4.93. The average Bonchev–Trinajstić information content (AvgIpc) is 2.24. The molecule has 0 spiro atoms. The highest BCUT2D eigenvalue weighted by atomic mass is 16.6. The van der Waals surface area contributed by atoms with Crippen LogP contribution in [0.25, 0.3) is 0 Å². The molecule has 0 heterocycles. The van der Waals surface area contributed by atoms with E-state index in [0.29, 0.717) is 6.61 Å². The van der Waals surface area contributed by atoms with Crippen LogP contribution in [-0.2, 0) is 0 Å². The third-order valence-corrected chi connectivity index (χ3v) is 2.02. The van der Waals surface area contributed by atoms with E-state index < -0.39 is 4.92 Å². The maximum absolute atomic E-state index is 10.8. The van der Waals surface area contributed by atoms with Gasteiger partial charge >= 0.3 is 5.69 Å². The molecule has 5 heteroatoms. The molecule has 0 aromatic heterocycles. The van der Waals surface area contributed by atoms with E-state index >= 15 is 0 Å². The van der Waals surface area contributed by atoms with Gasteiger partial charge in [-0.15, -0.1) is 6.58 Å². The summed E-state index contributed by atoms with van der Waals surface area (Å²) in [6.45, 7) is 3.99. The van der Waals surface area contributed by atoms with Crippen molar-refractivity contribution in [1.82, 2.24) is 0 Å². The minimum atomic E-state index is -0.530. The fourth-order valence-corrected chi connectivity index (χ4v) is 1.26. The molecule has 0 bridgehead atoms. The average molecular weight is 222 g/mol. The molecule has 0 fully saturated rings. The number of benzene rings is 1. The molecule has 0 unspecified atom stereocenters. The summed E-state index contributed by atoms with van der Waals surface area (Å²) in [4.78, 5) is 10.2. The van der Waals surface area contributed by atoms with Gasteiger partial charge in [0.2, 0.25) is 0 Å². The number of nitrogens with zero attached hydrogens (tertiary/aromatic N) is 1. The Labute approximate surface area is 93.7 Å². The first-order valence-electron chi connectivity index (χ1n) is 4.93. The lowest BCUT2D eigenvalue weighted by Gasteiger charge is -2.06. The van der Waals surface area contributed by atoms with Crippen molar-refractivity contribution in [2.24, 2.45) is 0 Å². The molecule has 0 radical (unpaired) electrons. The molecule has 0 atom stereocenters. The van der Waals surface area contributed by atoms with Gasteiger partial charge in [0.1, 0.15) is 5.69 Å². The van der Waals surface area contributed by atoms with Gasteiger partial charge in [0.25, 0.3) is 0 Å². The van der Waals surface area contributed by atoms with E-state index in [4.69, 9.17) is 10.5 Å². The number of hydrogen-bond acceptors (Lipinski definition) is 4. The fourth-order valence-electron chi connectivity index (χ4n) is 1.26. The molecule has 16 heavy (non-hydrogen) atoms. The van der Waals surface area contributed by atoms with Crippen LogP contribution in [0.15, 0.2) is 30.9 Å². The number of nitrogen functional groups attached to an aromatic ring is 1. The van der Waals surface area contributed by atoms with Crippen molar-refractivity contribution < 1.29 is 9.66 Å². The number of ether oxygens (including phenoxy) is 1. The summed E-state index contributed by atoms with van der Waals surface area (Å²) in [6.07, 6.45) is 3.36. The predicted molar refractivity (Wildman–Crippen MR) is 62.4 cm³/mol. The molecule has 1 aromatic carbocycles. The topological polar surface area (TPSA) is 78.4 Å². The second kappa shape index (κ2) is 5.75. The Bertz CT molecular complexity index is 391. The van der Waals surface area contributed by atoms with Crippen molar-refractivity contribution in [2.45, 2.75) is 12.8 Å². The molecule has 2 N–H and O–H groups in total. The van der Waals surface area contributed by atoms with Gasteiger partial charge in [0, 0.05) is 0 Å².